The molecule has 18 heavy (non-hydrogen) atoms. The summed E-state index contributed by atoms with van der Waals surface area (Å²) < 4.78 is 18.2. The highest BCUT2D eigenvalue weighted by atomic mass is 19.1. The van der Waals surface area contributed by atoms with E-state index >= 15 is 0 Å². The molecule has 0 unspecified atom stereocenters. The Morgan fingerprint density at radius 3 is 2.67 bits per heavy atom. The predicted octanol–water partition coefficient (Wildman–Crippen LogP) is 2.63. The van der Waals surface area contributed by atoms with Gasteiger partial charge in [0.25, 0.3) is 5.69 Å². The van der Waals surface area contributed by atoms with Crippen LogP contribution in [0.5, 0.6) is 17.4 Å². The lowest BCUT2D eigenvalue weighted by atomic mass is 10.3. The standard InChI is InChI=1S/C11H7FN2O4/c12-9-5-8(2-3-10(9)15)18-11-4-1-7(6-13-11)14(16)17/h1-6,15H. The van der Waals surface area contributed by atoms with E-state index in [-0.39, 0.29) is 17.3 Å². The number of hydrogen-bond acceptors (Lipinski definition) is 5. The highest BCUT2D eigenvalue weighted by Gasteiger charge is 2.07. The molecule has 0 aliphatic carbocycles. The van der Waals surface area contributed by atoms with E-state index in [4.69, 9.17) is 9.84 Å². The van der Waals surface area contributed by atoms with Crippen LogP contribution in [-0.2, 0) is 0 Å². The Bertz CT molecular complexity index is 586. The molecular weight excluding hydrogens is 243 g/mol. The number of nitrogens with zero attached hydrogens (tertiary/aromatic N) is 2. The maximum absolute atomic E-state index is 13.0. The van der Waals surface area contributed by atoms with Gasteiger partial charge in [0.1, 0.15) is 11.9 Å². The maximum Gasteiger partial charge on any atom is 0.287 e. The molecule has 0 saturated carbocycles. The minimum atomic E-state index is -0.825. The third kappa shape index (κ3) is 2.51. The molecule has 0 aliphatic heterocycles. The Morgan fingerprint density at radius 1 is 1.33 bits per heavy atom. The van der Waals surface area contributed by atoms with Gasteiger partial charge in [0, 0.05) is 18.2 Å². The van der Waals surface area contributed by atoms with Crippen molar-refractivity contribution in [1.82, 2.24) is 4.98 Å². The van der Waals surface area contributed by atoms with Crippen molar-refractivity contribution in [1.29, 1.82) is 0 Å². The molecule has 0 amide bonds. The van der Waals surface area contributed by atoms with E-state index in [1.54, 1.807) is 0 Å². The fourth-order valence-corrected chi connectivity index (χ4v) is 1.21. The lowest BCUT2D eigenvalue weighted by molar-refractivity contribution is -0.385. The summed E-state index contributed by atoms with van der Waals surface area (Å²) in [6, 6.07) is 5.98. The SMILES string of the molecule is O=[N+]([O-])c1ccc(Oc2ccc(O)c(F)c2)nc1. The van der Waals surface area contributed by atoms with E-state index in [1.165, 1.54) is 18.2 Å². The summed E-state index contributed by atoms with van der Waals surface area (Å²) in [7, 11) is 0. The van der Waals surface area contributed by atoms with Crippen LogP contribution in [0.2, 0.25) is 0 Å². The van der Waals surface area contributed by atoms with Crippen LogP contribution in [0.25, 0.3) is 0 Å². The number of aromatic hydroxyl groups is 1. The Balaban J connectivity index is 2.18. The van der Waals surface area contributed by atoms with Crippen molar-refractivity contribution in [3.8, 4) is 17.4 Å². The summed E-state index contributed by atoms with van der Waals surface area (Å²) in [4.78, 5) is 13.5. The Morgan fingerprint density at radius 2 is 2.11 bits per heavy atom. The molecule has 1 aromatic heterocycles. The first kappa shape index (κ1) is 11.8. The lowest BCUT2D eigenvalue weighted by Crippen LogP contribution is -1.91. The van der Waals surface area contributed by atoms with Gasteiger partial charge in [-0.2, -0.15) is 0 Å². The number of pyridine rings is 1. The van der Waals surface area contributed by atoms with Crippen molar-refractivity contribution >= 4 is 5.69 Å². The van der Waals surface area contributed by atoms with Crippen molar-refractivity contribution in [2.24, 2.45) is 0 Å². The van der Waals surface area contributed by atoms with Gasteiger partial charge >= 0.3 is 0 Å². The largest absolute Gasteiger partial charge is 0.505 e. The number of phenols is 1. The van der Waals surface area contributed by atoms with Crippen LogP contribution in [0, 0.1) is 15.9 Å². The number of rotatable bonds is 3. The molecule has 0 saturated heterocycles. The van der Waals surface area contributed by atoms with Gasteiger partial charge in [0.2, 0.25) is 5.88 Å². The first-order valence-electron chi connectivity index (χ1n) is 4.83. The quantitative estimate of drug-likeness (QED) is 0.668. The molecule has 0 aliphatic rings. The van der Waals surface area contributed by atoms with Gasteiger partial charge in [-0.05, 0) is 12.1 Å². The number of nitro groups is 1. The van der Waals surface area contributed by atoms with E-state index in [0.717, 1.165) is 18.3 Å². The maximum atomic E-state index is 13.0. The third-order valence-corrected chi connectivity index (χ3v) is 2.07. The molecule has 0 bridgehead atoms. The Labute approximate surface area is 100 Å². The zero-order chi connectivity index (χ0) is 13.1. The molecular formula is C11H7FN2O4. The fourth-order valence-electron chi connectivity index (χ4n) is 1.21. The van der Waals surface area contributed by atoms with Crippen molar-refractivity contribution < 1.29 is 19.2 Å². The van der Waals surface area contributed by atoms with Gasteiger partial charge in [0.15, 0.2) is 11.6 Å². The molecule has 2 aromatic rings. The van der Waals surface area contributed by atoms with E-state index in [0.29, 0.717) is 0 Å². The van der Waals surface area contributed by atoms with Crippen LogP contribution in [0.15, 0.2) is 36.5 Å². The normalized spacial score (nSPS) is 10.1. The summed E-state index contributed by atoms with van der Waals surface area (Å²) in [5.41, 5.74) is -0.167. The van der Waals surface area contributed by atoms with E-state index in [1.807, 2.05) is 0 Å². The number of phenolic OH excluding ortho intramolecular Hbond substituents is 1. The summed E-state index contributed by atoms with van der Waals surface area (Å²) in [5, 5.41) is 19.4. The van der Waals surface area contributed by atoms with Crippen molar-refractivity contribution in [2.75, 3.05) is 0 Å². The van der Waals surface area contributed by atoms with Crippen LogP contribution in [0.1, 0.15) is 0 Å². The molecule has 1 N–H and O–H groups in total. The minimum absolute atomic E-state index is 0.0886. The first-order chi connectivity index (χ1) is 8.56. The highest BCUT2D eigenvalue weighted by Crippen LogP contribution is 2.25. The second-order valence-electron chi connectivity index (χ2n) is 3.33. The number of ether oxygens (including phenoxy) is 1. The summed E-state index contributed by atoms with van der Waals surface area (Å²) in [6.07, 6.45) is 1.03. The van der Waals surface area contributed by atoms with Crippen LogP contribution in [0.4, 0.5) is 10.1 Å². The van der Waals surface area contributed by atoms with Crippen molar-refractivity contribution in [3.05, 3.63) is 52.5 Å². The fraction of sp³-hybridized carbons (Fsp3) is 0. The Kier molecular flexibility index (Phi) is 3.05. The molecule has 7 heteroatoms. The zero-order valence-corrected chi connectivity index (χ0v) is 8.91. The molecule has 92 valence electrons. The number of halogens is 1. The molecule has 2 rings (SSSR count). The number of benzene rings is 1. The summed E-state index contributed by atoms with van der Waals surface area (Å²) in [5.74, 6) is -1.09. The average Bonchev–Trinajstić information content (AvgIpc) is 2.34. The molecule has 0 radical (unpaired) electrons. The molecule has 6 nitrogen and oxygen atoms in total. The second-order valence-corrected chi connectivity index (χ2v) is 3.33. The third-order valence-electron chi connectivity index (χ3n) is 2.07. The molecule has 1 aromatic carbocycles. The zero-order valence-electron chi connectivity index (χ0n) is 8.91. The summed E-state index contributed by atoms with van der Waals surface area (Å²) in [6.45, 7) is 0. The van der Waals surface area contributed by atoms with Gasteiger partial charge in [-0.1, -0.05) is 0 Å². The van der Waals surface area contributed by atoms with Crippen molar-refractivity contribution in [3.63, 3.8) is 0 Å². The molecule has 0 fully saturated rings. The van der Waals surface area contributed by atoms with Crippen LogP contribution in [0.3, 0.4) is 0 Å². The van der Waals surface area contributed by atoms with E-state index < -0.39 is 16.5 Å². The summed E-state index contributed by atoms with van der Waals surface area (Å²) >= 11 is 0. The molecule has 1 heterocycles. The monoisotopic (exact) mass is 250 g/mol. The van der Waals surface area contributed by atoms with Gasteiger partial charge in [0.05, 0.1) is 4.92 Å². The lowest BCUT2D eigenvalue weighted by Gasteiger charge is -2.04. The highest BCUT2D eigenvalue weighted by molar-refractivity contribution is 5.35. The molecule has 0 spiro atoms. The van der Waals surface area contributed by atoms with Gasteiger partial charge in [-0.3, -0.25) is 10.1 Å². The topological polar surface area (TPSA) is 85.5 Å². The van der Waals surface area contributed by atoms with Crippen LogP contribution in [-0.4, -0.2) is 15.0 Å². The average molecular weight is 250 g/mol. The Hall–Kier alpha value is -2.70. The number of aromatic nitrogens is 1. The first-order valence-corrected chi connectivity index (χ1v) is 4.83. The van der Waals surface area contributed by atoms with Crippen molar-refractivity contribution in [2.45, 2.75) is 0 Å². The van der Waals surface area contributed by atoms with Crippen LogP contribution < -0.4 is 4.74 Å². The number of hydrogen-bond donors (Lipinski definition) is 1. The van der Waals surface area contributed by atoms with Gasteiger partial charge in [-0.25, -0.2) is 9.37 Å². The van der Waals surface area contributed by atoms with E-state index in [2.05, 4.69) is 4.98 Å². The predicted molar refractivity (Wildman–Crippen MR) is 59.0 cm³/mol. The second kappa shape index (κ2) is 4.66. The minimum Gasteiger partial charge on any atom is -0.505 e. The van der Waals surface area contributed by atoms with Gasteiger partial charge in [-0.15, -0.1) is 0 Å². The van der Waals surface area contributed by atoms with Crippen LogP contribution >= 0.6 is 0 Å². The smallest absolute Gasteiger partial charge is 0.287 e. The molecule has 0 atom stereocenters. The van der Waals surface area contributed by atoms with Gasteiger partial charge < -0.3 is 9.84 Å². The van der Waals surface area contributed by atoms with E-state index in [9.17, 15) is 14.5 Å².